The van der Waals surface area contributed by atoms with Crippen molar-refractivity contribution in [1.82, 2.24) is 20.2 Å². The fraction of sp³-hybridized carbons (Fsp3) is 0.667. The van der Waals surface area contributed by atoms with Gasteiger partial charge in [-0.1, -0.05) is 0 Å². The summed E-state index contributed by atoms with van der Waals surface area (Å²) in [6.07, 6.45) is 6.88. The molecule has 1 aromatic heterocycles. The van der Waals surface area contributed by atoms with Crippen LogP contribution in [0.25, 0.3) is 0 Å². The molecule has 1 N–H and O–H groups in total. The lowest BCUT2D eigenvalue weighted by Gasteiger charge is -2.20. The summed E-state index contributed by atoms with van der Waals surface area (Å²) in [4.78, 5) is 11.1. The second-order valence-corrected chi connectivity index (χ2v) is 5.36. The SMILES string of the molecule is CSc1nccnc1CN(C)CC1CCNC1. The van der Waals surface area contributed by atoms with Gasteiger partial charge in [-0.3, -0.25) is 4.98 Å². The molecule has 4 nitrogen and oxygen atoms in total. The van der Waals surface area contributed by atoms with Crippen LogP contribution in [-0.2, 0) is 6.54 Å². The largest absolute Gasteiger partial charge is 0.316 e. The minimum absolute atomic E-state index is 0.786. The van der Waals surface area contributed by atoms with E-state index in [4.69, 9.17) is 0 Å². The molecule has 0 bridgehead atoms. The van der Waals surface area contributed by atoms with Crippen molar-refractivity contribution in [2.24, 2.45) is 5.92 Å². The van der Waals surface area contributed by atoms with E-state index in [2.05, 4.69) is 33.5 Å². The highest BCUT2D eigenvalue weighted by molar-refractivity contribution is 7.98. The van der Waals surface area contributed by atoms with Crippen LogP contribution in [0.3, 0.4) is 0 Å². The van der Waals surface area contributed by atoms with Crippen molar-refractivity contribution in [2.75, 3.05) is 32.9 Å². The lowest BCUT2D eigenvalue weighted by Crippen LogP contribution is -2.27. The van der Waals surface area contributed by atoms with E-state index in [-0.39, 0.29) is 0 Å². The van der Waals surface area contributed by atoms with Gasteiger partial charge < -0.3 is 10.2 Å². The van der Waals surface area contributed by atoms with Crippen LogP contribution < -0.4 is 5.32 Å². The van der Waals surface area contributed by atoms with E-state index < -0.39 is 0 Å². The molecule has 2 heterocycles. The maximum absolute atomic E-state index is 4.42. The van der Waals surface area contributed by atoms with E-state index in [1.807, 2.05) is 0 Å². The summed E-state index contributed by atoms with van der Waals surface area (Å²) < 4.78 is 0. The monoisotopic (exact) mass is 252 g/mol. The Bertz CT molecular complexity index is 352. The van der Waals surface area contributed by atoms with Gasteiger partial charge in [-0.25, -0.2) is 4.98 Å². The van der Waals surface area contributed by atoms with E-state index in [0.717, 1.165) is 36.3 Å². The minimum Gasteiger partial charge on any atom is -0.316 e. The fourth-order valence-electron chi connectivity index (χ4n) is 2.26. The van der Waals surface area contributed by atoms with Crippen molar-refractivity contribution < 1.29 is 0 Å². The lowest BCUT2D eigenvalue weighted by molar-refractivity contribution is 0.273. The Kier molecular flexibility index (Phi) is 4.76. The quantitative estimate of drug-likeness (QED) is 0.799. The molecule has 0 aliphatic carbocycles. The molecule has 0 amide bonds. The first-order valence-corrected chi connectivity index (χ1v) is 7.25. The zero-order valence-corrected chi connectivity index (χ0v) is 11.3. The molecule has 0 saturated carbocycles. The van der Waals surface area contributed by atoms with Crippen LogP contribution in [0.5, 0.6) is 0 Å². The van der Waals surface area contributed by atoms with Crippen molar-refractivity contribution in [3.8, 4) is 0 Å². The minimum atomic E-state index is 0.786. The summed E-state index contributed by atoms with van der Waals surface area (Å²) in [7, 11) is 2.16. The molecule has 1 saturated heterocycles. The summed E-state index contributed by atoms with van der Waals surface area (Å²) in [5, 5.41) is 4.45. The normalized spacial score (nSPS) is 20.1. The van der Waals surface area contributed by atoms with Gasteiger partial charge in [-0.05, 0) is 38.7 Å². The average molecular weight is 252 g/mol. The van der Waals surface area contributed by atoms with Gasteiger partial charge in [-0.15, -0.1) is 11.8 Å². The zero-order valence-electron chi connectivity index (χ0n) is 10.5. The molecular weight excluding hydrogens is 232 g/mol. The van der Waals surface area contributed by atoms with Gasteiger partial charge in [0.15, 0.2) is 0 Å². The van der Waals surface area contributed by atoms with Gasteiger partial charge in [0.2, 0.25) is 0 Å². The van der Waals surface area contributed by atoms with Crippen LogP contribution >= 0.6 is 11.8 Å². The molecule has 1 aliphatic rings. The van der Waals surface area contributed by atoms with Gasteiger partial charge in [0.05, 0.1) is 5.69 Å². The van der Waals surface area contributed by atoms with Crippen LogP contribution in [0.2, 0.25) is 0 Å². The van der Waals surface area contributed by atoms with Crippen molar-refractivity contribution in [2.45, 2.75) is 18.0 Å². The standard InChI is InChI=1S/C12H20N4S/c1-16(8-10-3-4-13-7-10)9-11-12(17-2)15-6-5-14-11/h5-6,10,13H,3-4,7-9H2,1-2H3. The molecule has 1 aromatic rings. The molecule has 94 valence electrons. The van der Waals surface area contributed by atoms with Gasteiger partial charge in [0, 0.05) is 25.5 Å². The molecule has 0 aromatic carbocycles. The first-order valence-electron chi connectivity index (χ1n) is 6.02. The van der Waals surface area contributed by atoms with Crippen LogP contribution in [-0.4, -0.2) is 47.8 Å². The first-order chi connectivity index (χ1) is 8.29. The molecule has 1 unspecified atom stereocenters. The summed E-state index contributed by atoms with van der Waals surface area (Å²) >= 11 is 1.67. The molecule has 17 heavy (non-hydrogen) atoms. The number of thioether (sulfide) groups is 1. The molecule has 2 rings (SSSR count). The Morgan fingerprint density at radius 3 is 3.00 bits per heavy atom. The number of rotatable bonds is 5. The van der Waals surface area contributed by atoms with E-state index in [9.17, 15) is 0 Å². The molecule has 0 radical (unpaired) electrons. The molecular formula is C12H20N4S. The number of nitrogens with one attached hydrogen (secondary N) is 1. The fourth-order valence-corrected chi connectivity index (χ4v) is 2.78. The Morgan fingerprint density at radius 2 is 2.29 bits per heavy atom. The van der Waals surface area contributed by atoms with Gasteiger partial charge in [0.1, 0.15) is 5.03 Å². The van der Waals surface area contributed by atoms with E-state index >= 15 is 0 Å². The van der Waals surface area contributed by atoms with Gasteiger partial charge in [-0.2, -0.15) is 0 Å². The van der Waals surface area contributed by atoms with Crippen molar-refractivity contribution in [3.63, 3.8) is 0 Å². The second-order valence-electron chi connectivity index (χ2n) is 4.57. The van der Waals surface area contributed by atoms with Crippen molar-refractivity contribution in [3.05, 3.63) is 18.1 Å². The number of aromatic nitrogens is 2. The third kappa shape index (κ3) is 3.66. The highest BCUT2D eigenvalue weighted by atomic mass is 32.2. The predicted molar refractivity (Wildman–Crippen MR) is 71.1 cm³/mol. The van der Waals surface area contributed by atoms with Crippen LogP contribution in [0.15, 0.2) is 17.4 Å². The first kappa shape index (κ1) is 12.8. The maximum Gasteiger partial charge on any atom is 0.119 e. The third-order valence-corrected chi connectivity index (χ3v) is 3.81. The predicted octanol–water partition coefficient (Wildman–Crippen LogP) is 1.24. The van der Waals surface area contributed by atoms with Crippen molar-refractivity contribution in [1.29, 1.82) is 0 Å². The van der Waals surface area contributed by atoms with Gasteiger partial charge in [0.25, 0.3) is 0 Å². The second kappa shape index (κ2) is 6.33. The maximum atomic E-state index is 4.42. The molecule has 5 heteroatoms. The number of nitrogens with zero attached hydrogens (tertiary/aromatic N) is 3. The van der Waals surface area contributed by atoms with Crippen LogP contribution in [0.4, 0.5) is 0 Å². The summed E-state index contributed by atoms with van der Waals surface area (Å²) in [5.74, 6) is 0.786. The Balaban J connectivity index is 1.90. The summed E-state index contributed by atoms with van der Waals surface area (Å²) in [6.45, 7) is 4.35. The summed E-state index contributed by atoms with van der Waals surface area (Å²) in [6, 6.07) is 0. The Labute approximate surface area is 107 Å². The molecule has 0 spiro atoms. The average Bonchev–Trinajstić information content (AvgIpc) is 2.82. The van der Waals surface area contributed by atoms with Crippen LogP contribution in [0, 0.1) is 5.92 Å². The van der Waals surface area contributed by atoms with E-state index in [1.165, 1.54) is 13.0 Å². The molecule has 1 atom stereocenters. The van der Waals surface area contributed by atoms with Gasteiger partial charge >= 0.3 is 0 Å². The third-order valence-electron chi connectivity index (χ3n) is 3.08. The molecule has 1 aliphatic heterocycles. The van der Waals surface area contributed by atoms with E-state index in [0.29, 0.717) is 0 Å². The molecule has 1 fully saturated rings. The van der Waals surface area contributed by atoms with Crippen LogP contribution in [0.1, 0.15) is 12.1 Å². The van der Waals surface area contributed by atoms with E-state index in [1.54, 1.807) is 24.2 Å². The van der Waals surface area contributed by atoms with Crippen molar-refractivity contribution >= 4 is 11.8 Å². The zero-order chi connectivity index (χ0) is 12.1. The Hall–Kier alpha value is -0.650. The topological polar surface area (TPSA) is 41.1 Å². The number of hydrogen-bond acceptors (Lipinski definition) is 5. The summed E-state index contributed by atoms with van der Waals surface area (Å²) in [5.41, 5.74) is 1.09. The highest BCUT2D eigenvalue weighted by Crippen LogP contribution is 2.17. The number of hydrogen-bond donors (Lipinski definition) is 1. The smallest absolute Gasteiger partial charge is 0.119 e. The lowest BCUT2D eigenvalue weighted by atomic mass is 10.1. The highest BCUT2D eigenvalue weighted by Gasteiger charge is 2.17. The Morgan fingerprint density at radius 1 is 1.47 bits per heavy atom.